The van der Waals surface area contributed by atoms with E-state index in [-0.39, 0.29) is 45.9 Å². The summed E-state index contributed by atoms with van der Waals surface area (Å²) in [5.41, 5.74) is 1.43. The molecule has 1 aromatic heterocycles. The number of carbonyl (C=O) groups is 2. The maximum atomic E-state index is 15.6. The first-order valence-electron chi connectivity index (χ1n) is 16.3. The van der Waals surface area contributed by atoms with E-state index in [9.17, 15) is 25.0 Å². The number of carboxylic acids is 1. The average Bonchev–Trinajstić information content (AvgIpc) is 3.11. The fourth-order valence-corrected chi connectivity index (χ4v) is 7.72. The number of fused-ring (bicyclic) bond motifs is 3. The van der Waals surface area contributed by atoms with E-state index in [2.05, 4.69) is 4.90 Å². The monoisotopic (exact) mass is 740 g/mol. The highest BCUT2D eigenvalue weighted by atomic mass is 35.5. The number of hydrogen-bond acceptors (Lipinski definition) is 8. The topological polar surface area (TPSA) is 133 Å². The van der Waals surface area contributed by atoms with Crippen LogP contribution in [-0.4, -0.2) is 72.3 Å². The van der Waals surface area contributed by atoms with Gasteiger partial charge in [0.05, 0.1) is 32.0 Å². The number of piperidine rings is 3. The predicted molar refractivity (Wildman–Crippen MR) is 186 cm³/mol. The van der Waals surface area contributed by atoms with E-state index in [1.165, 1.54) is 44.8 Å². The van der Waals surface area contributed by atoms with Gasteiger partial charge in [0.2, 0.25) is 12.4 Å². The predicted octanol–water partition coefficient (Wildman–Crippen LogP) is 6.69. The summed E-state index contributed by atoms with van der Waals surface area (Å²) in [5, 5.41) is 30.9. The Labute approximate surface area is 303 Å². The lowest BCUT2D eigenvalue weighted by atomic mass is 9.80. The molecule has 3 N–H and O–H groups in total. The summed E-state index contributed by atoms with van der Waals surface area (Å²) in [6.45, 7) is 2.11. The van der Waals surface area contributed by atoms with E-state index in [0.717, 1.165) is 41.6 Å². The molecule has 3 fully saturated rings. The first kappa shape index (κ1) is 36.0. The zero-order valence-electron chi connectivity index (χ0n) is 27.9. The lowest BCUT2D eigenvalue weighted by Gasteiger charge is -2.44. The van der Waals surface area contributed by atoms with Crippen LogP contribution in [0.2, 0.25) is 10.0 Å². The Morgan fingerprint density at radius 3 is 2.33 bits per heavy atom. The van der Waals surface area contributed by atoms with Crippen molar-refractivity contribution in [3.8, 4) is 17.2 Å². The molecule has 3 aromatic carbocycles. The Hall–Kier alpha value is -4.78. The van der Waals surface area contributed by atoms with E-state index in [1.807, 2.05) is 0 Å². The minimum absolute atomic E-state index is 0.0445. The summed E-state index contributed by atoms with van der Waals surface area (Å²) in [6, 6.07) is 13.3. The van der Waals surface area contributed by atoms with Gasteiger partial charge in [0.1, 0.15) is 21.9 Å². The Morgan fingerprint density at radius 1 is 1.02 bits per heavy atom. The van der Waals surface area contributed by atoms with Gasteiger partial charge in [-0.1, -0.05) is 41.4 Å². The normalized spacial score (nSPS) is 18.6. The molecule has 2 atom stereocenters. The number of benzene rings is 3. The van der Waals surface area contributed by atoms with Gasteiger partial charge in [-0.15, -0.1) is 0 Å². The number of carbonyl (C=O) groups excluding carboxylic acids is 1. The number of aromatic nitrogens is 1. The second-order valence-corrected chi connectivity index (χ2v) is 13.5. The zero-order valence-corrected chi connectivity index (χ0v) is 29.4. The fraction of sp³-hybridized carbons (Fsp3) is 0.324. The molecule has 0 saturated carbocycles. The fourth-order valence-electron chi connectivity index (χ4n) is 7.11. The summed E-state index contributed by atoms with van der Waals surface area (Å²) in [5.74, 6) is -2.24. The summed E-state index contributed by atoms with van der Waals surface area (Å²) in [4.78, 5) is 30.4. The second kappa shape index (κ2) is 15.2. The Kier molecular flexibility index (Phi) is 10.8. The summed E-state index contributed by atoms with van der Waals surface area (Å²) in [6.07, 6.45) is 3.12. The van der Waals surface area contributed by atoms with Crippen LogP contribution in [0.4, 0.5) is 14.9 Å². The number of methoxy groups -OCH3 is 2. The molecule has 3 aliphatic rings. The first-order chi connectivity index (χ1) is 24.5. The number of halogens is 3. The number of pyridine rings is 1. The van der Waals surface area contributed by atoms with Gasteiger partial charge in [0.25, 0.3) is 0 Å². The maximum absolute atomic E-state index is 15.6. The molecule has 0 spiro atoms. The van der Waals surface area contributed by atoms with Gasteiger partial charge in [-0.2, -0.15) is 0 Å². The number of amides is 1. The largest absolute Gasteiger partial charge is 0.508 e. The molecular weight excluding hydrogens is 704 g/mol. The third-order valence-electron chi connectivity index (χ3n) is 9.68. The van der Waals surface area contributed by atoms with Gasteiger partial charge in [-0.25, -0.2) is 14.0 Å². The molecule has 0 aliphatic carbocycles. The third kappa shape index (κ3) is 7.63. The minimum atomic E-state index is -1.24. The number of nitrogens with zero attached hydrogens (tertiary/aromatic N) is 3. The highest BCUT2D eigenvalue weighted by Crippen LogP contribution is 2.41. The van der Waals surface area contributed by atoms with E-state index in [0.29, 0.717) is 40.3 Å². The van der Waals surface area contributed by atoms with Crippen LogP contribution in [0.15, 0.2) is 67.0 Å². The van der Waals surface area contributed by atoms with E-state index >= 15 is 4.39 Å². The number of anilines is 1. The van der Waals surface area contributed by atoms with Crippen LogP contribution in [0, 0.1) is 11.7 Å². The van der Waals surface area contributed by atoms with E-state index in [4.69, 9.17) is 37.4 Å². The number of phenols is 1. The van der Waals surface area contributed by atoms with Crippen LogP contribution in [0.3, 0.4) is 0 Å². The van der Waals surface area contributed by atoms with Crippen molar-refractivity contribution in [1.29, 1.82) is 0 Å². The molecule has 11 nitrogen and oxygen atoms in total. The Bertz CT molecular complexity index is 1930. The Morgan fingerprint density at radius 2 is 1.73 bits per heavy atom. The van der Waals surface area contributed by atoms with Gasteiger partial charge < -0.3 is 24.4 Å². The molecule has 3 saturated heterocycles. The molecule has 7 rings (SSSR count). The molecule has 14 heteroatoms. The lowest BCUT2D eigenvalue weighted by Crippen LogP contribution is -2.53. The van der Waals surface area contributed by atoms with Crippen molar-refractivity contribution in [3.05, 3.63) is 111 Å². The molecule has 0 unspecified atom stereocenters. The number of phenolic OH excluding ortho intramolecular Hbond substituents is 1. The maximum Gasteiger partial charge on any atom is 0.415 e. The second-order valence-electron chi connectivity index (χ2n) is 12.6. The Balaban J connectivity index is 1.50. The number of rotatable bonds is 11. The van der Waals surface area contributed by atoms with Gasteiger partial charge in [0, 0.05) is 28.8 Å². The number of ether oxygens (including phenoxy) is 3. The van der Waals surface area contributed by atoms with Crippen molar-refractivity contribution >= 4 is 41.0 Å². The van der Waals surface area contributed by atoms with Crippen LogP contribution >= 0.6 is 23.2 Å². The third-order valence-corrected chi connectivity index (χ3v) is 10.3. The van der Waals surface area contributed by atoms with Crippen LogP contribution in [-0.2, 0) is 17.7 Å². The highest BCUT2D eigenvalue weighted by Gasteiger charge is 2.38. The molecule has 4 aromatic rings. The SMILES string of the molecule is COc1ccc([C@H](Cc2c(Cl)c[n+](O)cc2Cl)c2c(CN(C(=O)O[C@H]3CN4CCC3CC4)c3ccc(O)cc3F)cccc2C(=O)O)cc1OC. The number of aromatic hydroxyl groups is 1. The summed E-state index contributed by atoms with van der Waals surface area (Å²) < 4.78 is 33.4. The molecule has 4 heterocycles. The zero-order chi connectivity index (χ0) is 36.4. The first-order valence-corrected chi connectivity index (χ1v) is 17.1. The molecular formula is C37H37Cl2FN3O8+. The van der Waals surface area contributed by atoms with Gasteiger partial charge >= 0.3 is 12.1 Å². The van der Waals surface area contributed by atoms with Gasteiger partial charge in [-0.05, 0) is 85.3 Å². The molecule has 51 heavy (non-hydrogen) atoms. The standard InChI is InChI=1S/C37H36Cl2FN3O8/c1-49-32-9-6-22(14-33(32)50-2)26(16-27-28(38)18-42(48)19-29(27)39)35-23(4-3-5-25(35)36(45)46)17-43(31-8-7-24(44)15-30(31)40)37(47)51-34-20-41-12-10-21(34)11-13-41/h3-9,14-15,18-19,21,26,34H,10-13,16-17,20H2,1-2H3,(H2-,44,45,46,48)/p+1/t26-,34-/m0/s1. The number of hydrogen-bond donors (Lipinski definition) is 3. The van der Waals surface area contributed by atoms with Crippen molar-refractivity contribution in [2.45, 2.75) is 37.8 Å². The summed E-state index contributed by atoms with van der Waals surface area (Å²) in [7, 11) is 2.97. The smallest absolute Gasteiger partial charge is 0.415 e. The van der Waals surface area contributed by atoms with E-state index < -0.39 is 29.9 Å². The molecule has 1 amide bonds. The molecule has 3 aliphatic heterocycles. The lowest BCUT2D eigenvalue weighted by molar-refractivity contribution is -0.904. The van der Waals surface area contributed by atoms with Gasteiger partial charge in [0.15, 0.2) is 17.3 Å². The van der Waals surface area contributed by atoms with Crippen molar-refractivity contribution in [2.24, 2.45) is 5.92 Å². The van der Waals surface area contributed by atoms with Crippen LogP contribution in [0.25, 0.3) is 0 Å². The van der Waals surface area contributed by atoms with Crippen molar-refractivity contribution in [2.75, 3.05) is 38.8 Å². The van der Waals surface area contributed by atoms with Crippen LogP contribution < -0.4 is 19.1 Å². The molecule has 0 radical (unpaired) electrons. The number of aromatic carboxylic acids is 1. The van der Waals surface area contributed by atoms with Crippen LogP contribution in [0.1, 0.15) is 51.4 Å². The van der Waals surface area contributed by atoms with E-state index in [1.54, 1.807) is 30.3 Å². The van der Waals surface area contributed by atoms with Crippen LogP contribution in [0.5, 0.6) is 17.2 Å². The molecule has 2 bridgehead atoms. The van der Waals surface area contributed by atoms with Crippen molar-refractivity contribution in [3.63, 3.8) is 0 Å². The minimum Gasteiger partial charge on any atom is -0.508 e. The van der Waals surface area contributed by atoms with Crippen molar-refractivity contribution < 1.29 is 48.3 Å². The summed E-state index contributed by atoms with van der Waals surface area (Å²) >= 11 is 13.2. The average molecular weight is 742 g/mol. The molecule has 268 valence electrons. The highest BCUT2D eigenvalue weighted by molar-refractivity contribution is 6.35. The van der Waals surface area contributed by atoms with Gasteiger partial charge in [-0.3, -0.25) is 15.0 Å². The number of carboxylic acid groups (broad SMARTS) is 1. The quantitative estimate of drug-likeness (QED) is 0.114. The van der Waals surface area contributed by atoms with Crippen molar-refractivity contribution in [1.82, 2.24) is 4.90 Å².